The van der Waals surface area contributed by atoms with Crippen molar-refractivity contribution in [2.45, 2.75) is 25.9 Å². The summed E-state index contributed by atoms with van der Waals surface area (Å²) in [5, 5.41) is 13.8. The molecule has 1 atom stereocenters. The first-order valence-electron chi connectivity index (χ1n) is 10.2. The fourth-order valence-electron chi connectivity index (χ4n) is 3.98. The van der Waals surface area contributed by atoms with Gasteiger partial charge in [0.1, 0.15) is 23.0 Å². The molecule has 0 aliphatic carbocycles. The van der Waals surface area contributed by atoms with Crippen LogP contribution in [0.1, 0.15) is 33.5 Å². The van der Waals surface area contributed by atoms with Crippen LogP contribution in [-0.4, -0.2) is 51.1 Å². The van der Waals surface area contributed by atoms with Gasteiger partial charge in [-0.05, 0) is 43.7 Å². The number of carbonyl (C=O) groups is 1. The molecule has 8 nitrogen and oxygen atoms in total. The number of aromatic hydroxyl groups is 1. The average Bonchev–Trinajstić information content (AvgIpc) is 3.28. The van der Waals surface area contributed by atoms with Crippen molar-refractivity contribution in [3.05, 3.63) is 52.3 Å². The summed E-state index contributed by atoms with van der Waals surface area (Å²) < 4.78 is 39.8. The van der Waals surface area contributed by atoms with Gasteiger partial charge >= 0.3 is 0 Å². The van der Waals surface area contributed by atoms with Gasteiger partial charge in [-0.3, -0.25) is 4.79 Å². The molecule has 0 radical (unpaired) electrons. The number of hydrogen-bond donors (Lipinski definition) is 2. The normalized spacial score (nSPS) is 20.3. The van der Waals surface area contributed by atoms with Gasteiger partial charge < -0.3 is 24.6 Å². The van der Waals surface area contributed by atoms with E-state index in [1.165, 1.54) is 7.11 Å². The zero-order chi connectivity index (χ0) is 23.0. The topological polar surface area (TPSA) is 111 Å². The van der Waals surface area contributed by atoms with Crippen LogP contribution < -0.4 is 19.5 Å². The molecule has 2 heterocycles. The minimum atomic E-state index is -3.01. The number of carbonyl (C=O) groups excluding carboxylic acids is 1. The molecule has 2 aliphatic heterocycles. The molecule has 1 saturated heterocycles. The minimum absolute atomic E-state index is 0.0186. The molecule has 4 rings (SSSR count). The first kappa shape index (κ1) is 22.2. The van der Waals surface area contributed by atoms with Crippen molar-refractivity contribution in [3.63, 3.8) is 0 Å². The third kappa shape index (κ3) is 4.18. The van der Waals surface area contributed by atoms with Gasteiger partial charge in [0.2, 0.25) is 5.78 Å². The van der Waals surface area contributed by atoms with Crippen LogP contribution in [0, 0.1) is 6.92 Å². The Morgan fingerprint density at radius 2 is 2.03 bits per heavy atom. The van der Waals surface area contributed by atoms with E-state index < -0.39 is 9.84 Å². The van der Waals surface area contributed by atoms with Gasteiger partial charge in [0.05, 0.1) is 31.3 Å². The predicted octanol–water partition coefficient (Wildman–Crippen LogP) is 2.61. The Bertz CT molecular complexity index is 1220. The lowest BCUT2D eigenvalue weighted by Gasteiger charge is -2.14. The standard InChI is InChI=1S/C23H25NO7S/c1-13-21(25)15(11-24-16-6-7-32(27,28)12-16)9-18-22(26)20(31-23(13)18)10-14-8-17(29-2)4-5-19(14)30-3/h4-5,8-10,16,24-25H,6-7,11-12H2,1-3H3/b20-10-/t16-/m0/s1. The number of rotatable bonds is 6. The molecule has 2 N–H and O–H groups in total. The van der Waals surface area contributed by atoms with Gasteiger partial charge in [-0.2, -0.15) is 0 Å². The lowest BCUT2D eigenvalue weighted by Crippen LogP contribution is -2.29. The van der Waals surface area contributed by atoms with Crippen molar-refractivity contribution >= 4 is 21.7 Å². The van der Waals surface area contributed by atoms with Crippen LogP contribution in [-0.2, 0) is 16.4 Å². The Morgan fingerprint density at radius 1 is 1.25 bits per heavy atom. The number of phenols is 1. The zero-order valence-corrected chi connectivity index (χ0v) is 18.9. The van der Waals surface area contributed by atoms with Gasteiger partial charge in [-0.1, -0.05) is 0 Å². The van der Waals surface area contributed by atoms with E-state index in [0.717, 1.165) is 0 Å². The van der Waals surface area contributed by atoms with Crippen LogP contribution in [0.5, 0.6) is 23.0 Å². The van der Waals surface area contributed by atoms with Crippen molar-refractivity contribution in [1.29, 1.82) is 0 Å². The SMILES string of the molecule is COc1ccc(OC)c(/C=C2\Oc3c(cc(CN[C@H]4CCS(=O)(=O)C4)c(O)c3C)C2=O)c1. The molecule has 0 saturated carbocycles. The Labute approximate surface area is 186 Å². The van der Waals surface area contributed by atoms with Crippen LogP contribution in [0.3, 0.4) is 0 Å². The number of ether oxygens (including phenoxy) is 3. The van der Waals surface area contributed by atoms with E-state index in [-0.39, 0.29) is 41.4 Å². The lowest BCUT2D eigenvalue weighted by molar-refractivity contribution is 0.101. The molecule has 32 heavy (non-hydrogen) atoms. The summed E-state index contributed by atoms with van der Waals surface area (Å²) in [5.74, 6) is 1.54. The fourth-order valence-corrected chi connectivity index (χ4v) is 5.69. The van der Waals surface area contributed by atoms with Crippen LogP contribution in [0.4, 0.5) is 0 Å². The molecule has 2 aliphatic rings. The van der Waals surface area contributed by atoms with E-state index >= 15 is 0 Å². The highest BCUT2D eigenvalue weighted by atomic mass is 32.2. The van der Waals surface area contributed by atoms with Crippen LogP contribution >= 0.6 is 0 Å². The van der Waals surface area contributed by atoms with Crippen molar-refractivity contribution in [2.24, 2.45) is 0 Å². The maximum Gasteiger partial charge on any atom is 0.231 e. The summed E-state index contributed by atoms with van der Waals surface area (Å²) in [6, 6.07) is 6.66. The van der Waals surface area contributed by atoms with E-state index in [1.54, 1.807) is 44.4 Å². The number of allylic oxidation sites excluding steroid dienone is 1. The van der Waals surface area contributed by atoms with E-state index in [1.807, 2.05) is 0 Å². The summed E-state index contributed by atoms with van der Waals surface area (Å²) in [6.07, 6.45) is 2.12. The Kier molecular flexibility index (Phi) is 5.87. The number of hydrogen-bond acceptors (Lipinski definition) is 8. The van der Waals surface area contributed by atoms with Crippen LogP contribution in [0.25, 0.3) is 6.08 Å². The quantitative estimate of drug-likeness (QED) is 0.634. The largest absolute Gasteiger partial charge is 0.507 e. The number of sulfone groups is 1. The summed E-state index contributed by atoms with van der Waals surface area (Å²) in [7, 11) is 0.0746. The molecule has 0 unspecified atom stereocenters. The second-order valence-electron chi connectivity index (χ2n) is 7.91. The van der Waals surface area contributed by atoms with E-state index in [4.69, 9.17) is 14.2 Å². The molecule has 0 bridgehead atoms. The molecule has 2 aromatic rings. The number of phenolic OH excluding ortho intramolecular Hbond substituents is 1. The number of fused-ring (bicyclic) bond motifs is 1. The monoisotopic (exact) mass is 459 g/mol. The smallest absolute Gasteiger partial charge is 0.231 e. The number of nitrogens with one attached hydrogen (secondary N) is 1. The van der Waals surface area contributed by atoms with Gasteiger partial charge in [-0.15, -0.1) is 0 Å². The van der Waals surface area contributed by atoms with Crippen molar-refractivity contribution in [3.8, 4) is 23.0 Å². The third-order valence-corrected chi connectivity index (χ3v) is 7.55. The molecule has 2 aromatic carbocycles. The molecule has 0 spiro atoms. The number of benzene rings is 2. The lowest BCUT2D eigenvalue weighted by atomic mass is 10.0. The fraction of sp³-hybridized carbons (Fsp3) is 0.348. The van der Waals surface area contributed by atoms with E-state index in [9.17, 15) is 18.3 Å². The van der Waals surface area contributed by atoms with Crippen molar-refractivity contribution in [1.82, 2.24) is 5.32 Å². The summed E-state index contributed by atoms with van der Waals surface area (Å²) in [6.45, 7) is 1.93. The van der Waals surface area contributed by atoms with Gasteiger partial charge in [-0.25, -0.2) is 8.42 Å². The summed E-state index contributed by atoms with van der Waals surface area (Å²) in [4.78, 5) is 13.1. The average molecular weight is 460 g/mol. The van der Waals surface area contributed by atoms with Crippen LogP contribution in [0.2, 0.25) is 0 Å². The maximum absolute atomic E-state index is 13.1. The van der Waals surface area contributed by atoms with Crippen molar-refractivity contribution in [2.75, 3.05) is 25.7 Å². The van der Waals surface area contributed by atoms with Gasteiger partial charge in [0, 0.05) is 29.3 Å². The first-order chi connectivity index (χ1) is 15.2. The predicted molar refractivity (Wildman–Crippen MR) is 119 cm³/mol. The van der Waals surface area contributed by atoms with Gasteiger partial charge in [0.25, 0.3) is 0 Å². The van der Waals surface area contributed by atoms with Gasteiger partial charge in [0.15, 0.2) is 15.6 Å². The molecule has 0 aromatic heterocycles. The molecule has 9 heteroatoms. The highest BCUT2D eigenvalue weighted by molar-refractivity contribution is 7.91. The zero-order valence-electron chi connectivity index (χ0n) is 18.1. The molecular weight excluding hydrogens is 434 g/mol. The first-order valence-corrected chi connectivity index (χ1v) is 12.0. The molecular formula is C23H25NO7S. The highest BCUT2D eigenvalue weighted by Crippen LogP contribution is 2.41. The van der Waals surface area contributed by atoms with E-state index in [2.05, 4.69) is 5.32 Å². The van der Waals surface area contributed by atoms with Crippen LogP contribution in [0.15, 0.2) is 30.0 Å². The second kappa shape index (κ2) is 8.48. The van der Waals surface area contributed by atoms with Crippen molar-refractivity contribution < 1.29 is 32.5 Å². The summed E-state index contributed by atoms with van der Waals surface area (Å²) in [5.41, 5.74) is 1.94. The molecule has 1 fully saturated rings. The number of methoxy groups -OCH3 is 2. The third-order valence-electron chi connectivity index (χ3n) is 5.78. The maximum atomic E-state index is 13.1. The highest BCUT2D eigenvalue weighted by Gasteiger charge is 2.32. The second-order valence-corrected chi connectivity index (χ2v) is 10.1. The minimum Gasteiger partial charge on any atom is -0.507 e. The molecule has 170 valence electrons. The number of ketones is 1. The van der Waals surface area contributed by atoms with E-state index in [0.29, 0.717) is 45.9 Å². The number of Topliss-reactive ketones (excluding diaryl/α,β-unsaturated/α-hetero) is 1. The molecule has 0 amide bonds. The summed E-state index contributed by atoms with van der Waals surface area (Å²) >= 11 is 0. The Hall–Kier alpha value is -3.04. The Morgan fingerprint density at radius 3 is 2.69 bits per heavy atom. The Balaban J connectivity index is 1.61.